The van der Waals surface area contributed by atoms with Crippen LogP contribution in [0.3, 0.4) is 0 Å². The lowest BCUT2D eigenvalue weighted by atomic mass is 10.2. The van der Waals surface area contributed by atoms with E-state index in [2.05, 4.69) is 36.6 Å². The van der Waals surface area contributed by atoms with Gasteiger partial charge in [-0.3, -0.25) is 4.72 Å². The number of hydrogen-bond donors (Lipinski definition) is 1. The molecule has 0 saturated carbocycles. The van der Waals surface area contributed by atoms with Crippen LogP contribution in [0.1, 0.15) is 5.56 Å². The van der Waals surface area contributed by atoms with Crippen LogP contribution in [0.15, 0.2) is 50.2 Å². The van der Waals surface area contributed by atoms with Gasteiger partial charge in [0.15, 0.2) is 0 Å². The fraction of sp³-hybridized carbons (Fsp3) is 0. The third-order valence-electron chi connectivity index (χ3n) is 2.54. The van der Waals surface area contributed by atoms with Gasteiger partial charge in [-0.2, -0.15) is 5.26 Å². The fourth-order valence-corrected chi connectivity index (χ4v) is 3.47. The molecule has 0 bridgehead atoms. The number of sulfonamides is 1. The summed E-state index contributed by atoms with van der Waals surface area (Å²) >= 11 is 6.48. The van der Waals surface area contributed by atoms with Crippen LogP contribution in [-0.4, -0.2) is 8.42 Å². The second kappa shape index (κ2) is 6.13. The van der Waals surface area contributed by atoms with E-state index in [-0.39, 0.29) is 10.5 Å². The first kappa shape index (κ1) is 15.9. The van der Waals surface area contributed by atoms with Gasteiger partial charge in [-0.05, 0) is 52.3 Å². The molecule has 0 aliphatic rings. The number of benzene rings is 2. The summed E-state index contributed by atoms with van der Waals surface area (Å²) in [6, 6.07) is 9.64. The maximum absolute atomic E-state index is 13.3. The summed E-state index contributed by atoms with van der Waals surface area (Å²) < 4.78 is 41.4. The lowest BCUT2D eigenvalue weighted by Crippen LogP contribution is -2.13. The first-order valence-corrected chi connectivity index (χ1v) is 8.58. The predicted octanol–water partition coefficient (Wildman–Crippen LogP) is 4.02. The molecule has 108 valence electrons. The number of halogens is 3. The van der Waals surface area contributed by atoms with Crippen molar-refractivity contribution in [2.45, 2.75) is 4.90 Å². The highest BCUT2D eigenvalue weighted by Crippen LogP contribution is 2.28. The summed E-state index contributed by atoms with van der Waals surface area (Å²) in [5, 5.41) is 8.76. The molecule has 2 aromatic rings. The summed E-state index contributed by atoms with van der Waals surface area (Å²) in [4.78, 5) is -0.188. The van der Waals surface area contributed by atoms with Crippen molar-refractivity contribution in [2.75, 3.05) is 4.72 Å². The molecular formula is C13H7Br2FN2O2S. The minimum atomic E-state index is -3.92. The van der Waals surface area contributed by atoms with Crippen LogP contribution in [0.25, 0.3) is 0 Å². The van der Waals surface area contributed by atoms with Crippen molar-refractivity contribution in [3.05, 3.63) is 56.7 Å². The average molecular weight is 434 g/mol. The monoisotopic (exact) mass is 432 g/mol. The maximum Gasteiger partial charge on any atom is 0.261 e. The molecule has 0 aliphatic heterocycles. The highest BCUT2D eigenvalue weighted by atomic mass is 79.9. The zero-order valence-electron chi connectivity index (χ0n) is 10.3. The quantitative estimate of drug-likeness (QED) is 0.794. The summed E-state index contributed by atoms with van der Waals surface area (Å²) in [5.41, 5.74) is -0.00149. The molecule has 8 heteroatoms. The Hall–Kier alpha value is -1.43. The van der Waals surface area contributed by atoms with Gasteiger partial charge >= 0.3 is 0 Å². The molecule has 0 unspecified atom stereocenters. The Bertz CT molecular complexity index is 848. The van der Waals surface area contributed by atoms with Crippen molar-refractivity contribution in [2.24, 2.45) is 0 Å². The molecule has 0 heterocycles. The van der Waals surface area contributed by atoms with Gasteiger partial charge in [0.05, 0.1) is 16.1 Å². The highest BCUT2D eigenvalue weighted by molar-refractivity contribution is 9.11. The fourth-order valence-electron chi connectivity index (χ4n) is 1.54. The molecule has 0 aromatic heterocycles. The van der Waals surface area contributed by atoms with Gasteiger partial charge in [0, 0.05) is 8.95 Å². The van der Waals surface area contributed by atoms with Crippen LogP contribution in [0.5, 0.6) is 0 Å². The zero-order chi connectivity index (χ0) is 15.6. The van der Waals surface area contributed by atoms with Gasteiger partial charge in [0.2, 0.25) is 0 Å². The van der Waals surface area contributed by atoms with E-state index >= 15 is 0 Å². The Morgan fingerprint density at radius 2 is 1.86 bits per heavy atom. The summed E-state index contributed by atoms with van der Waals surface area (Å²) in [6.45, 7) is 0. The Morgan fingerprint density at radius 3 is 2.52 bits per heavy atom. The van der Waals surface area contributed by atoms with Crippen molar-refractivity contribution in [3.8, 4) is 6.07 Å². The Labute approximate surface area is 137 Å². The number of anilines is 1. The Morgan fingerprint density at radius 1 is 1.14 bits per heavy atom. The van der Waals surface area contributed by atoms with Gasteiger partial charge in [0.25, 0.3) is 10.0 Å². The van der Waals surface area contributed by atoms with E-state index in [1.165, 1.54) is 0 Å². The molecule has 0 amide bonds. The van der Waals surface area contributed by atoms with Gasteiger partial charge in [-0.25, -0.2) is 12.8 Å². The molecule has 0 spiro atoms. The molecule has 0 fully saturated rings. The largest absolute Gasteiger partial charge is 0.278 e. The van der Waals surface area contributed by atoms with Crippen LogP contribution in [-0.2, 0) is 10.0 Å². The number of hydrogen-bond acceptors (Lipinski definition) is 3. The van der Waals surface area contributed by atoms with Crippen molar-refractivity contribution in [1.82, 2.24) is 0 Å². The van der Waals surface area contributed by atoms with Crippen LogP contribution in [0.2, 0.25) is 0 Å². The molecule has 0 aliphatic carbocycles. The van der Waals surface area contributed by atoms with E-state index in [9.17, 15) is 12.8 Å². The van der Waals surface area contributed by atoms with E-state index in [4.69, 9.17) is 5.26 Å². The molecule has 2 aromatic carbocycles. The van der Waals surface area contributed by atoms with E-state index in [0.717, 1.165) is 18.2 Å². The number of nitrogens with zero attached hydrogens (tertiary/aromatic N) is 1. The molecule has 0 saturated heterocycles. The number of nitrogens with one attached hydrogen (secondary N) is 1. The predicted molar refractivity (Wildman–Crippen MR) is 83.8 cm³/mol. The van der Waals surface area contributed by atoms with E-state index in [1.807, 2.05) is 0 Å². The highest BCUT2D eigenvalue weighted by Gasteiger charge is 2.17. The topological polar surface area (TPSA) is 70.0 Å². The van der Waals surface area contributed by atoms with E-state index in [1.54, 1.807) is 24.3 Å². The lowest BCUT2D eigenvalue weighted by molar-refractivity contribution is 0.599. The molecule has 21 heavy (non-hydrogen) atoms. The van der Waals surface area contributed by atoms with Crippen molar-refractivity contribution >= 4 is 47.6 Å². The smallest absolute Gasteiger partial charge is 0.261 e. The minimum absolute atomic E-state index is 0.188. The molecule has 4 nitrogen and oxygen atoms in total. The normalized spacial score (nSPS) is 11.0. The average Bonchev–Trinajstić information content (AvgIpc) is 2.43. The molecule has 0 atom stereocenters. The maximum atomic E-state index is 13.3. The van der Waals surface area contributed by atoms with Crippen molar-refractivity contribution in [1.29, 1.82) is 5.26 Å². The van der Waals surface area contributed by atoms with Crippen LogP contribution in [0, 0.1) is 17.1 Å². The first-order chi connectivity index (χ1) is 9.83. The van der Waals surface area contributed by atoms with Crippen LogP contribution >= 0.6 is 31.9 Å². The lowest BCUT2D eigenvalue weighted by Gasteiger charge is -2.10. The van der Waals surface area contributed by atoms with Gasteiger partial charge in [-0.1, -0.05) is 15.9 Å². The van der Waals surface area contributed by atoms with Gasteiger partial charge in [-0.15, -0.1) is 0 Å². The minimum Gasteiger partial charge on any atom is -0.278 e. The second-order valence-electron chi connectivity index (χ2n) is 3.98. The Balaban J connectivity index is 2.44. The van der Waals surface area contributed by atoms with Crippen molar-refractivity contribution in [3.63, 3.8) is 0 Å². The third kappa shape index (κ3) is 3.61. The second-order valence-corrected chi connectivity index (χ2v) is 7.44. The molecule has 0 radical (unpaired) electrons. The molecule has 1 N–H and O–H groups in total. The summed E-state index contributed by atoms with van der Waals surface area (Å²) in [7, 11) is -3.92. The summed E-state index contributed by atoms with van der Waals surface area (Å²) in [6.07, 6.45) is 0. The third-order valence-corrected chi connectivity index (χ3v) is 5.09. The number of rotatable bonds is 3. The van der Waals surface area contributed by atoms with Crippen LogP contribution < -0.4 is 4.72 Å². The zero-order valence-corrected chi connectivity index (χ0v) is 14.3. The SMILES string of the molecule is N#Cc1cc(S(=O)(=O)Nc2cc(Br)ccc2Br)ccc1F. The standard InChI is InChI=1S/C13H7Br2FN2O2S/c14-9-1-3-11(15)13(6-9)18-21(19,20)10-2-4-12(16)8(5-10)7-17/h1-6,18H. The van der Waals surface area contributed by atoms with E-state index in [0.29, 0.717) is 14.6 Å². The van der Waals surface area contributed by atoms with Gasteiger partial charge < -0.3 is 0 Å². The molecular weight excluding hydrogens is 427 g/mol. The Kier molecular flexibility index (Phi) is 4.66. The molecule has 2 rings (SSSR count). The summed E-state index contributed by atoms with van der Waals surface area (Å²) in [5.74, 6) is -0.764. The van der Waals surface area contributed by atoms with Gasteiger partial charge in [0.1, 0.15) is 11.9 Å². The first-order valence-electron chi connectivity index (χ1n) is 5.51. The van der Waals surface area contributed by atoms with E-state index < -0.39 is 15.8 Å². The van der Waals surface area contributed by atoms with Crippen LogP contribution in [0.4, 0.5) is 10.1 Å². The van der Waals surface area contributed by atoms with Crippen molar-refractivity contribution < 1.29 is 12.8 Å². The number of nitriles is 1.